The number of ether oxygens (including phenoxy) is 2. The zero-order chi connectivity index (χ0) is 25.0. The number of amides is 1. The van der Waals surface area contributed by atoms with E-state index < -0.39 is 28.3 Å². The Bertz CT molecular complexity index is 1470. The fourth-order valence-electron chi connectivity index (χ4n) is 3.68. The number of hydrogen-bond acceptors (Lipinski definition) is 5. The van der Waals surface area contributed by atoms with Gasteiger partial charge in [0.15, 0.2) is 11.5 Å². The van der Waals surface area contributed by atoms with Crippen LogP contribution in [-0.4, -0.2) is 35.1 Å². The third-order valence-electron chi connectivity index (χ3n) is 5.41. The molecule has 0 aliphatic rings. The van der Waals surface area contributed by atoms with Crippen LogP contribution in [0.4, 0.5) is 15.8 Å². The summed E-state index contributed by atoms with van der Waals surface area (Å²) in [7, 11) is -1.41. The van der Waals surface area contributed by atoms with Gasteiger partial charge in [-0.05, 0) is 47.9 Å². The van der Waals surface area contributed by atoms with Crippen molar-refractivity contribution < 1.29 is 27.1 Å². The van der Waals surface area contributed by atoms with E-state index in [9.17, 15) is 17.6 Å². The monoisotopic (exact) mass is 494 g/mol. The zero-order valence-corrected chi connectivity index (χ0v) is 19.9. The molecule has 4 aromatic rings. The first-order valence-electron chi connectivity index (χ1n) is 10.6. The molecule has 0 unspecified atom stereocenters. The molecule has 4 rings (SSSR count). The molecule has 0 fully saturated rings. The summed E-state index contributed by atoms with van der Waals surface area (Å²) >= 11 is 0. The zero-order valence-electron chi connectivity index (χ0n) is 19.1. The van der Waals surface area contributed by atoms with Crippen molar-refractivity contribution in [3.8, 4) is 11.5 Å². The Morgan fingerprint density at radius 2 is 1.57 bits per heavy atom. The first-order valence-corrected chi connectivity index (χ1v) is 12.1. The number of anilines is 2. The number of sulfonamides is 1. The Morgan fingerprint density at radius 1 is 0.886 bits per heavy atom. The van der Waals surface area contributed by atoms with Gasteiger partial charge >= 0.3 is 0 Å². The molecule has 0 saturated carbocycles. The van der Waals surface area contributed by atoms with E-state index >= 15 is 0 Å². The molecule has 0 aromatic heterocycles. The minimum Gasteiger partial charge on any atom is -0.493 e. The van der Waals surface area contributed by atoms with E-state index in [-0.39, 0.29) is 16.3 Å². The molecule has 1 amide bonds. The quantitative estimate of drug-likeness (QED) is 0.379. The normalized spacial score (nSPS) is 11.2. The standard InChI is InChI=1S/C26H23FN2O5S/c1-33-24-15-14-21(16-25(24)34-2)35(31,32)29(20-12-10-19(27)11-13-20)17-26(30)28-23-9-5-7-18-6-3-4-8-22(18)23/h3-16H,17H2,1-2H3,(H,28,30). The van der Waals surface area contributed by atoms with Crippen molar-refractivity contribution in [2.45, 2.75) is 4.90 Å². The molecular weight excluding hydrogens is 471 g/mol. The molecule has 0 aliphatic carbocycles. The number of halogens is 1. The van der Waals surface area contributed by atoms with Crippen LogP contribution in [0.1, 0.15) is 0 Å². The minimum absolute atomic E-state index is 0.113. The summed E-state index contributed by atoms with van der Waals surface area (Å²) in [6.45, 7) is -0.536. The van der Waals surface area contributed by atoms with E-state index in [0.29, 0.717) is 11.4 Å². The molecule has 0 atom stereocenters. The smallest absolute Gasteiger partial charge is 0.264 e. The van der Waals surface area contributed by atoms with Crippen molar-refractivity contribution in [2.24, 2.45) is 0 Å². The Kier molecular flexibility index (Phi) is 6.88. The van der Waals surface area contributed by atoms with Crippen LogP contribution in [0.3, 0.4) is 0 Å². The van der Waals surface area contributed by atoms with E-state index in [4.69, 9.17) is 9.47 Å². The van der Waals surface area contributed by atoms with Crippen LogP contribution in [0.25, 0.3) is 10.8 Å². The molecule has 0 bridgehead atoms. The minimum atomic E-state index is -4.24. The number of benzene rings is 4. The molecule has 0 aliphatic heterocycles. The number of methoxy groups -OCH3 is 2. The molecule has 4 aromatic carbocycles. The molecule has 35 heavy (non-hydrogen) atoms. The molecular formula is C26H23FN2O5S. The highest BCUT2D eigenvalue weighted by atomic mass is 32.2. The van der Waals surface area contributed by atoms with E-state index in [1.807, 2.05) is 30.3 Å². The van der Waals surface area contributed by atoms with Crippen LogP contribution in [0.15, 0.2) is 89.8 Å². The van der Waals surface area contributed by atoms with Gasteiger partial charge < -0.3 is 14.8 Å². The summed E-state index contributed by atoms with van der Waals surface area (Å²) in [6.07, 6.45) is 0. The molecule has 180 valence electrons. The van der Waals surface area contributed by atoms with Gasteiger partial charge in [0.1, 0.15) is 12.4 Å². The average Bonchev–Trinajstić information content (AvgIpc) is 2.87. The van der Waals surface area contributed by atoms with Crippen LogP contribution < -0.4 is 19.1 Å². The number of hydrogen-bond donors (Lipinski definition) is 1. The molecule has 9 heteroatoms. The van der Waals surface area contributed by atoms with Gasteiger partial charge in [0.05, 0.1) is 24.8 Å². The van der Waals surface area contributed by atoms with Crippen LogP contribution in [0.2, 0.25) is 0 Å². The predicted molar refractivity (Wildman–Crippen MR) is 133 cm³/mol. The Hall–Kier alpha value is -4.11. The summed E-state index contributed by atoms with van der Waals surface area (Å²) in [5.41, 5.74) is 0.685. The van der Waals surface area contributed by atoms with Gasteiger partial charge in [-0.15, -0.1) is 0 Å². The van der Waals surface area contributed by atoms with Gasteiger partial charge in [0.25, 0.3) is 10.0 Å². The van der Waals surface area contributed by atoms with E-state index in [1.54, 1.807) is 12.1 Å². The molecule has 0 spiro atoms. The number of fused-ring (bicyclic) bond motifs is 1. The topological polar surface area (TPSA) is 84.9 Å². The van der Waals surface area contributed by atoms with Crippen molar-refractivity contribution >= 4 is 38.1 Å². The number of nitrogens with zero attached hydrogens (tertiary/aromatic N) is 1. The molecule has 0 saturated heterocycles. The van der Waals surface area contributed by atoms with Crippen molar-refractivity contribution in [1.29, 1.82) is 0 Å². The molecule has 7 nitrogen and oxygen atoms in total. The maximum Gasteiger partial charge on any atom is 0.264 e. The lowest BCUT2D eigenvalue weighted by Crippen LogP contribution is -2.38. The van der Waals surface area contributed by atoms with Crippen LogP contribution in [0, 0.1) is 5.82 Å². The molecule has 0 heterocycles. The summed E-state index contributed by atoms with van der Waals surface area (Å²) in [4.78, 5) is 13.0. The van der Waals surface area contributed by atoms with Gasteiger partial charge in [-0.25, -0.2) is 12.8 Å². The predicted octanol–water partition coefficient (Wildman–Crippen LogP) is 4.83. The first kappa shape index (κ1) is 24.0. The maximum atomic E-state index is 13.6. The Balaban J connectivity index is 1.70. The summed E-state index contributed by atoms with van der Waals surface area (Å²) < 4.78 is 52.2. The van der Waals surface area contributed by atoms with Crippen LogP contribution in [-0.2, 0) is 14.8 Å². The summed E-state index contributed by atoms with van der Waals surface area (Å²) in [5, 5.41) is 4.55. The Labute approximate surface area is 202 Å². The number of nitrogens with one attached hydrogen (secondary N) is 1. The third-order valence-corrected chi connectivity index (χ3v) is 7.18. The second kappa shape index (κ2) is 10.0. The lowest BCUT2D eigenvalue weighted by atomic mass is 10.1. The summed E-state index contributed by atoms with van der Waals surface area (Å²) in [5.74, 6) is -0.520. The second-order valence-corrected chi connectivity index (χ2v) is 9.44. The van der Waals surface area contributed by atoms with E-state index in [1.165, 1.54) is 44.6 Å². The van der Waals surface area contributed by atoms with Crippen molar-refractivity contribution in [3.05, 3.63) is 90.7 Å². The van der Waals surface area contributed by atoms with Gasteiger partial charge in [-0.1, -0.05) is 36.4 Å². The fraction of sp³-hybridized carbons (Fsp3) is 0.115. The highest BCUT2D eigenvalue weighted by molar-refractivity contribution is 7.92. The van der Waals surface area contributed by atoms with Crippen molar-refractivity contribution in [2.75, 3.05) is 30.4 Å². The fourth-order valence-corrected chi connectivity index (χ4v) is 5.12. The highest BCUT2D eigenvalue weighted by Gasteiger charge is 2.28. The number of rotatable bonds is 8. The molecule has 0 radical (unpaired) electrons. The van der Waals surface area contributed by atoms with Crippen molar-refractivity contribution in [3.63, 3.8) is 0 Å². The number of carbonyl (C=O) groups is 1. The van der Waals surface area contributed by atoms with E-state index in [0.717, 1.165) is 27.2 Å². The van der Waals surface area contributed by atoms with Crippen LogP contribution >= 0.6 is 0 Å². The highest BCUT2D eigenvalue weighted by Crippen LogP contribution is 2.32. The van der Waals surface area contributed by atoms with Gasteiger partial charge in [-0.2, -0.15) is 0 Å². The second-order valence-electron chi connectivity index (χ2n) is 7.58. The average molecular weight is 495 g/mol. The van der Waals surface area contributed by atoms with Crippen LogP contribution in [0.5, 0.6) is 11.5 Å². The lowest BCUT2D eigenvalue weighted by Gasteiger charge is -2.24. The van der Waals surface area contributed by atoms with E-state index in [2.05, 4.69) is 5.32 Å². The van der Waals surface area contributed by atoms with Gasteiger partial charge in [0, 0.05) is 17.1 Å². The van der Waals surface area contributed by atoms with Crippen molar-refractivity contribution in [1.82, 2.24) is 0 Å². The Morgan fingerprint density at radius 3 is 2.29 bits per heavy atom. The van der Waals surface area contributed by atoms with Gasteiger partial charge in [-0.3, -0.25) is 9.10 Å². The lowest BCUT2D eigenvalue weighted by molar-refractivity contribution is -0.114. The first-order chi connectivity index (χ1) is 16.8. The summed E-state index contributed by atoms with van der Waals surface area (Å²) in [6, 6.07) is 22.0. The third kappa shape index (κ3) is 5.04. The largest absolute Gasteiger partial charge is 0.493 e. The number of carbonyl (C=O) groups excluding carboxylic acids is 1. The maximum absolute atomic E-state index is 13.6. The van der Waals surface area contributed by atoms with Gasteiger partial charge in [0.2, 0.25) is 5.91 Å². The SMILES string of the molecule is COc1ccc(S(=O)(=O)N(CC(=O)Nc2cccc3ccccc23)c2ccc(F)cc2)cc1OC. The molecule has 1 N–H and O–H groups in total.